The quantitative estimate of drug-likeness (QED) is 0.590. The molecule has 1 saturated heterocycles. The molecule has 7 nitrogen and oxygen atoms in total. The number of phenolic OH excluding ortho intramolecular Hbond substituents is 1. The highest BCUT2D eigenvalue weighted by atomic mass is 16.5. The monoisotopic (exact) mass is 448 g/mol. The van der Waals surface area contributed by atoms with Crippen molar-refractivity contribution in [2.45, 2.75) is 6.61 Å². The first kappa shape index (κ1) is 22.3. The number of carbonyl (C=O) groups is 1. The first-order chi connectivity index (χ1) is 16.1. The lowest BCUT2D eigenvalue weighted by atomic mass is 10.1. The number of aromatic hydroxyl groups is 1. The van der Waals surface area contributed by atoms with E-state index in [9.17, 15) is 9.90 Å². The summed E-state index contributed by atoms with van der Waals surface area (Å²) in [5, 5.41) is 10.1. The van der Waals surface area contributed by atoms with Crippen LogP contribution in [0, 0.1) is 0 Å². The molecular weight excluding hydrogens is 420 g/mol. The summed E-state index contributed by atoms with van der Waals surface area (Å²) in [4.78, 5) is 17.1. The third-order valence-electron chi connectivity index (χ3n) is 5.72. The summed E-state index contributed by atoms with van der Waals surface area (Å²) in [5.41, 5.74) is 2.28. The van der Waals surface area contributed by atoms with Crippen LogP contribution in [0.25, 0.3) is 0 Å². The van der Waals surface area contributed by atoms with Gasteiger partial charge in [0.25, 0.3) is 5.91 Å². The predicted molar refractivity (Wildman–Crippen MR) is 127 cm³/mol. The Kier molecular flexibility index (Phi) is 6.88. The fourth-order valence-corrected chi connectivity index (χ4v) is 3.94. The molecule has 0 unspecified atom stereocenters. The second-order valence-electron chi connectivity index (χ2n) is 7.75. The Morgan fingerprint density at radius 2 is 1.48 bits per heavy atom. The largest absolute Gasteiger partial charge is 0.506 e. The number of hydrogen-bond donors (Lipinski definition) is 1. The highest BCUT2D eigenvalue weighted by Gasteiger charge is 2.26. The van der Waals surface area contributed by atoms with Gasteiger partial charge in [-0.2, -0.15) is 0 Å². The average Bonchev–Trinajstić information content (AvgIpc) is 2.87. The van der Waals surface area contributed by atoms with Crippen molar-refractivity contribution in [3.63, 3.8) is 0 Å². The van der Waals surface area contributed by atoms with Gasteiger partial charge in [-0.25, -0.2) is 0 Å². The van der Waals surface area contributed by atoms with Gasteiger partial charge in [-0.1, -0.05) is 42.5 Å². The second kappa shape index (κ2) is 10.2. The highest BCUT2D eigenvalue weighted by molar-refractivity contribution is 5.96. The van der Waals surface area contributed by atoms with Crippen molar-refractivity contribution in [2.24, 2.45) is 0 Å². The molecule has 172 valence electrons. The Morgan fingerprint density at radius 1 is 0.879 bits per heavy atom. The van der Waals surface area contributed by atoms with Crippen LogP contribution >= 0.6 is 0 Å². The van der Waals surface area contributed by atoms with E-state index in [0.717, 1.165) is 11.3 Å². The molecule has 1 heterocycles. The Labute approximate surface area is 193 Å². The molecule has 0 bridgehead atoms. The SMILES string of the molecule is COc1cc(C(=O)N2CCN(c3ccccc3O)CC2)cc(OC)c1OCc1ccccc1. The van der Waals surface area contributed by atoms with Gasteiger partial charge < -0.3 is 29.1 Å². The van der Waals surface area contributed by atoms with Gasteiger partial charge in [0.2, 0.25) is 5.75 Å². The lowest BCUT2D eigenvalue weighted by Crippen LogP contribution is -2.48. The summed E-state index contributed by atoms with van der Waals surface area (Å²) in [7, 11) is 3.09. The molecule has 0 spiro atoms. The number of hydrogen-bond acceptors (Lipinski definition) is 6. The van der Waals surface area contributed by atoms with Crippen molar-refractivity contribution in [1.29, 1.82) is 0 Å². The number of amides is 1. The van der Waals surface area contributed by atoms with Crippen molar-refractivity contribution in [3.05, 3.63) is 77.9 Å². The molecule has 0 radical (unpaired) electrons. The summed E-state index contributed by atoms with van der Waals surface area (Å²) in [6, 6.07) is 20.5. The molecule has 3 aromatic carbocycles. The van der Waals surface area contributed by atoms with Crippen LogP contribution in [-0.4, -0.2) is 56.3 Å². The summed E-state index contributed by atoms with van der Waals surface area (Å²) < 4.78 is 17.0. The van der Waals surface area contributed by atoms with Crippen molar-refractivity contribution in [3.8, 4) is 23.0 Å². The number of phenols is 1. The molecule has 1 amide bonds. The number of anilines is 1. The predicted octanol–water partition coefficient (Wildman–Crippen LogP) is 3.95. The topological polar surface area (TPSA) is 71.5 Å². The van der Waals surface area contributed by atoms with E-state index in [1.54, 1.807) is 43.4 Å². The van der Waals surface area contributed by atoms with E-state index in [-0.39, 0.29) is 11.7 Å². The van der Waals surface area contributed by atoms with Crippen LogP contribution in [-0.2, 0) is 6.61 Å². The van der Waals surface area contributed by atoms with E-state index in [4.69, 9.17) is 14.2 Å². The molecule has 0 saturated carbocycles. The van der Waals surface area contributed by atoms with Crippen LogP contribution in [0.5, 0.6) is 23.0 Å². The number of nitrogens with zero attached hydrogens (tertiary/aromatic N) is 2. The number of para-hydroxylation sites is 2. The Bertz CT molecular complexity index is 1070. The first-order valence-electron chi connectivity index (χ1n) is 10.9. The molecule has 1 aliphatic rings. The molecule has 1 N–H and O–H groups in total. The molecule has 0 aromatic heterocycles. The normalized spacial score (nSPS) is 13.5. The molecule has 4 rings (SSSR count). The van der Waals surface area contributed by atoms with E-state index in [1.807, 2.05) is 42.5 Å². The van der Waals surface area contributed by atoms with Gasteiger partial charge in [0.1, 0.15) is 12.4 Å². The zero-order valence-electron chi connectivity index (χ0n) is 18.9. The molecule has 7 heteroatoms. The minimum Gasteiger partial charge on any atom is -0.506 e. The first-order valence-corrected chi connectivity index (χ1v) is 10.9. The van der Waals surface area contributed by atoms with Gasteiger partial charge in [0.15, 0.2) is 11.5 Å². The van der Waals surface area contributed by atoms with Gasteiger partial charge in [-0.3, -0.25) is 4.79 Å². The fraction of sp³-hybridized carbons (Fsp3) is 0.269. The second-order valence-corrected chi connectivity index (χ2v) is 7.75. The van der Waals surface area contributed by atoms with E-state index >= 15 is 0 Å². The molecule has 1 aliphatic heterocycles. The number of piperazine rings is 1. The van der Waals surface area contributed by atoms with Gasteiger partial charge in [-0.05, 0) is 29.8 Å². The van der Waals surface area contributed by atoms with Gasteiger partial charge in [-0.15, -0.1) is 0 Å². The maximum atomic E-state index is 13.2. The molecular formula is C26H28N2O5. The van der Waals surface area contributed by atoms with E-state index in [1.165, 1.54) is 0 Å². The summed E-state index contributed by atoms with van der Waals surface area (Å²) in [6.45, 7) is 2.72. The minimum absolute atomic E-state index is 0.0989. The van der Waals surface area contributed by atoms with Crippen LogP contribution in [0.3, 0.4) is 0 Å². The number of rotatable bonds is 7. The smallest absolute Gasteiger partial charge is 0.254 e. The number of carbonyl (C=O) groups excluding carboxylic acids is 1. The van der Waals surface area contributed by atoms with Crippen LogP contribution in [0.2, 0.25) is 0 Å². The molecule has 3 aromatic rings. The Morgan fingerprint density at radius 3 is 2.09 bits per heavy atom. The summed E-state index contributed by atoms with van der Waals surface area (Å²) >= 11 is 0. The fourth-order valence-electron chi connectivity index (χ4n) is 3.94. The van der Waals surface area contributed by atoms with Crippen molar-refractivity contribution < 1.29 is 24.1 Å². The molecule has 1 fully saturated rings. The summed E-state index contributed by atoms with van der Waals surface area (Å²) in [6.07, 6.45) is 0. The lowest BCUT2D eigenvalue weighted by Gasteiger charge is -2.36. The van der Waals surface area contributed by atoms with Crippen molar-refractivity contribution in [1.82, 2.24) is 4.90 Å². The van der Waals surface area contributed by atoms with Crippen molar-refractivity contribution in [2.75, 3.05) is 45.3 Å². The van der Waals surface area contributed by atoms with Crippen LogP contribution in [0.4, 0.5) is 5.69 Å². The average molecular weight is 449 g/mol. The lowest BCUT2D eigenvalue weighted by molar-refractivity contribution is 0.0745. The highest BCUT2D eigenvalue weighted by Crippen LogP contribution is 2.39. The number of benzene rings is 3. The maximum absolute atomic E-state index is 13.2. The summed E-state index contributed by atoms with van der Waals surface area (Å²) in [5.74, 6) is 1.50. The molecule has 0 aliphatic carbocycles. The molecule has 0 atom stereocenters. The van der Waals surface area contributed by atoms with Gasteiger partial charge in [0, 0.05) is 31.7 Å². The van der Waals surface area contributed by atoms with Crippen LogP contribution < -0.4 is 19.1 Å². The van der Waals surface area contributed by atoms with Crippen LogP contribution in [0.15, 0.2) is 66.7 Å². The van der Waals surface area contributed by atoms with E-state index in [2.05, 4.69) is 4.90 Å². The third-order valence-corrected chi connectivity index (χ3v) is 5.72. The van der Waals surface area contributed by atoms with Crippen molar-refractivity contribution >= 4 is 11.6 Å². The van der Waals surface area contributed by atoms with Crippen LogP contribution in [0.1, 0.15) is 15.9 Å². The minimum atomic E-state index is -0.0989. The molecule has 33 heavy (non-hydrogen) atoms. The number of methoxy groups -OCH3 is 2. The Hall–Kier alpha value is -3.87. The maximum Gasteiger partial charge on any atom is 0.254 e. The third kappa shape index (κ3) is 4.98. The van der Waals surface area contributed by atoms with E-state index in [0.29, 0.717) is 55.6 Å². The zero-order valence-corrected chi connectivity index (χ0v) is 18.9. The van der Waals surface area contributed by atoms with Gasteiger partial charge in [0.05, 0.1) is 19.9 Å². The number of ether oxygens (including phenoxy) is 3. The van der Waals surface area contributed by atoms with Gasteiger partial charge >= 0.3 is 0 Å². The zero-order chi connectivity index (χ0) is 23.2. The standard InChI is InChI=1S/C26H28N2O5/c1-31-23-16-20(17-24(32-2)25(23)33-18-19-8-4-3-5-9-19)26(30)28-14-12-27(13-15-28)21-10-6-7-11-22(21)29/h3-11,16-17,29H,12-15,18H2,1-2H3. The Balaban J connectivity index is 1.48. The van der Waals surface area contributed by atoms with E-state index < -0.39 is 0 Å².